The Bertz CT molecular complexity index is 1370. The van der Waals surface area contributed by atoms with E-state index in [0.717, 1.165) is 33.6 Å². The summed E-state index contributed by atoms with van der Waals surface area (Å²) in [4.78, 5) is 19.3. The average molecular weight is 492 g/mol. The van der Waals surface area contributed by atoms with Gasteiger partial charge in [0.2, 0.25) is 15.9 Å². The zero-order valence-electron chi connectivity index (χ0n) is 18.7. The van der Waals surface area contributed by atoms with Gasteiger partial charge in [-0.3, -0.25) is 9.69 Å². The van der Waals surface area contributed by atoms with Gasteiger partial charge in [0.15, 0.2) is 9.34 Å². The summed E-state index contributed by atoms with van der Waals surface area (Å²) in [5.74, 6) is -0.155. The third-order valence-electron chi connectivity index (χ3n) is 5.42. The van der Waals surface area contributed by atoms with Crippen LogP contribution in [0.1, 0.15) is 16.8 Å². The van der Waals surface area contributed by atoms with Gasteiger partial charge in [0.1, 0.15) is 0 Å². The lowest BCUT2D eigenvalue weighted by molar-refractivity contribution is -0.118. The Morgan fingerprint density at radius 1 is 0.882 bits per heavy atom. The van der Waals surface area contributed by atoms with Crippen molar-refractivity contribution in [3.63, 3.8) is 0 Å². The summed E-state index contributed by atoms with van der Waals surface area (Å²) in [7, 11) is -3.91. The second kappa shape index (κ2) is 10.3. The van der Waals surface area contributed by atoms with E-state index >= 15 is 0 Å². The average Bonchev–Trinajstić information content (AvgIpc) is 3.23. The zero-order valence-corrected chi connectivity index (χ0v) is 20.4. The van der Waals surface area contributed by atoms with Crippen LogP contribution >= 0.6 is 11.3 Å². The number of anilines is 1. The Labute approximate surface area is 203 Å². The van der Waals surface area contributed by atoms with Gasteiger partial charge in [-0.1, -0.05) is 96.3 Å². The maximum atomic E-state index is 13.4. The Kier molecular flexibility index (Phi) is 7.21. The van der Waals surface area contributed by atoms with Gasteiger partial charge in [-0.05, 0) is 35.6 Å². The Morgan fingerprint density at radius 2 is 1.47 bits per heavy atom. The minimum absolute atomic E-state index is 0.0211. The van der Waals surface area contributed by atoms with Gasteiger partial charge in [-0.2, -0.15) is 0 Å². The van der Waals surface area contributed by atoms with Crippen LogP contribution in [0.5, 0.6) is 0 Å². The molecule has 34 heavy (non-hydrogen) atoms. The first-order valence-electron chi connectivity index (χ1n) is 10.8. The number of benzene rings is 3. The molecule has 1 heterocycles. The first kappa shape index (κ1) is 23.8. The molecule has 0 saturated heterocycles. The topological polar surface area (TPSA) is 93.4 Å². The van der Waals surface area contributed by atoms with Crippen LogP contribution in [0.3, 0.4) is 0 Å². The number of nitrogens with zero attached hydrogens (tertiary/aromatic N) is 2. The van der Waals surface area contributed by atoms with Gasteiger partial charge in [0.25, 0.3) is 0 Å². The number of hydrogen-bond donors (Lipinski definition) is 1. The lowest BCUT2D eigenvalue weighted by Gasteiger charge is -2.20. The molecule has 6 nitrogen and oxygen atoms in total. The maximum Gasteiger partial charge on any atom is 0.249 e. The number of aromatic nitrogens is 1. The van der Waals surface area contributed by atoms with E-state index < -0.39 is 10.0 Å². The van der Waals surface area contributed by atoms with Crippen LogP contribution in [-0.4, -0.2) is 25.9 Å². The highest BCUT2D eigenvalue weighted by Gasteiger charge is 2.24. The molecule has 0 bridgehead atoms. The SMILES string of the molecule is Cc1nc(N(CCc2ccccc2)C(=O)Cc2ccc(-c3ccccc3)cc2)sc1S(N)(=O)=O. The van der Waals surface area contributed by atoms with E-state index in [9.17, 15) is 13.2 Å². The smallest absolute Gasteiger partial charge is 0.249 e. The van der Waals surface area contributed by atoms with Gasteiger partial charge in [0.05, 0.1) is 12.1 Å². The minimum Gasteiger partial charge on any atom is -0.287 e. The molecule has 0 aliphatic heterocycles. The predicted molar refractivity (Wildman–Crippen MR) is 136 cm³/mol. The fourth-order valence-electron chi connectivity index (χ4n) is 3.68. The largest absolute Gasteiger partial charge is 0.287 e. The summed E-state index contributed by atoms with van der Waals surface area (Å²) in [5, 5.41) is 5.67. The monoisotopic (exact) mass is 491 g/mol. The summed E-state index contributed by atoms with van der Waals surface area (Å²) in [6, 6.07) is 27.7. The molecular weight excluding hydrogens is 466 g/mol. The molecule has 0 atom stereocenters. The fraction of sp³-hybridized carbons (Fsp3) is 0.154. The van der Waals surface area contributed by atoms with Crippen LogP contribution in [0.25, 0.3) is 11.1 Å². The van der Waals surface area contributed by atoms with Crippen molar-refractivity contribution in [2.45, 2.75) is 24.0 Å². The van der Waals surface area contributed by atoms with E-state index in [2.05, 4.69) is 4.98 Å². The first-order valence-corrected chi connectivity index (χ1v) is 13.2. The second-order valence-corrected chi connectivity index (χ2v) is 10.7. The van der Waals surface area contributed by atoms with Crippen molar-refractivity contribution in [2.75, 3.05) is 11.4 Å². The number of carbonyl (C=O) groups is 1. The molecule has 1 aromatic heterocycles. The molecule has 0 unspecified atom stereocenters. The summed E-state index contributed by atoms with van der Waals surface area (Å²) >= 11 is 0.929. The third-order valence-corrected chi connectivity index (χ3v) is 8.15. The van der Waals surface area contributed by atoms with Crippen LogP contribution in [0.4, 0.5) is 5.13 Å². The number of hydrogen-bond acceptors (Lipinski definition) is 5. The molecule has 3 aromatic carbocycles. The quantitative estimate of drug-likeness (QED) is 0.390. The zero-order chi connectivity index (χ0) is 24.1. The van der Waals surface area contributed by atoms with Crippen molar-refractivity contribution in [3.05, 3.63) is 102 Å². The molecule has 1 amide bonds. The van der Waals surface area contributed by atoms with E-state index in [0.29, 0.717) is 23.8 Å². The molecule has 0 aliphatic carbocycles. The molecule has 2 N–H and O–H groups in total. The lowest BCUT2D eigenvalue weighted by atomic mass is 10.0. The van der Waals surface area contributed by atoms with Crippen LogP contribution in [-0.2, 0) is 27.7 Å². The van der Waals surface area contributed by atoms with Crippen molar-refractivity contribution in [3.8, 4) is 11.1 Å². The number of sulfonamides is 1. The van der Waals surface area contributed by atoms with Crippen molar-refractivity contribution in [1.29, 1.82) is 0 Å². The van der Waals surface area contributed by atoms with Crippen LogP contribution < -0.4 is 10.0 Å². The molecule has 4 rings (SSSR count). The van der Waals surface area contributed by atoms with Crippen molar-refractivity contribution < 1.29 is 13.2 Å². The highest BCUT2D eigenvalue weighted by atomic mass is 32.2. The van der Waals surface area contributed by atoms with Crippen LogP contribution in [0, 0.1) is 6.92 Å². The van der Waals surface area contributed by atoms with Gasteiger partial charge in [0, 0.05) is 6.54 Å². The number of amides is 1. The van der Waals surface area contributed by atoms with Crippen molar-refractivity contribution in [2.24, 2.45) is 5.14 Å². The third kappa shape index (κ3) is 5.77. The Morgan fingerprint density at radius 3 is 2.06 bits per heavy atom. The lowest BCUT2D eigenvalue weighted by Crippen LogP contribution is -2.34. The molecule has 0 aliphatic rings. The van der Waals surface area contributed by atoms with Gasteiger partial charge >= 0.3 is 0 Å². The van der Waals surface area contributed by atoms with Gasteiger partial charge < -0.3 is 0 Å². The van der Waals surface area contributed by atoms with Crippen molar-refractivity contribution in [1.82, 2.24) is 4.98 Å². The molecule has 174 valence electrons. The molecular formula is C26H25N3O3S2. The highest BCUT2D eigenvalue weighted by Crippen LogP contribution is 2.30. The number of nitrogens with two attached hydrogens (primary N) is 1. The number of thiazole rings is 1. The summed E-state index contributed by atoms with van der Waals surface area (Å²) in [6.45, 7) is 1.96. The van der Waals surface area contributed by atoms with E-state index in [4.69, 9.17) is 5.14 Å². The highest BCUT2D eigenvalue weighted by molar-refractivity contribution is 7.91. The fourth-order valence-corrected chi connectivity index (χ4v) is 5.67. The summed E-state index contributed by atoms with van der Waals surface area (Å²) in [6.07, 6.45) is 0.788. The number of primary sulfonamides is 1. The molecule has 4 aromatic rings. The number of carbonyl (C=O) groups excluding carboxylic acids is 1. The summed E-state index contributed by atoms with van der Waals surface area (Å²) in [5.41, 5.74) is 4.43. The normalized spacial score (nSPS) is 11.4. The van der Waals surface area contributed by atoms with E-state index in [1.807, 2.05) is 84.9 Å². The van der Waals surface area contributed by atoms with E-state index in [1.165, 1.54) is 0 Å². The minimum atomic E-state index is -3.91. The molecule has 0 saturated carbocycles. The first-order chi connectivity index (χ1) is 16.3. The van der Waals surface area contributed by atoms with Gasteiger partial charge in [-0.25, -0.2) is 18.5 Å². The molecule has 0 fully saturated rings. The number of aryl methyl sites for hydroxylation is 1. The predicted octanol–water partition coefficient (Wildman–Crippen LogP) is 4.58. The standard InChI is InChI=1S/C26H25N3O3S2/c1-19-25(34(27,31)32)33-26(28-19)29(17-16-20-8-4-2-5-9-20)24(30)18-21-12-14-23(15-13-21)22-10-6-3-7-11-22/h2-15H,16-18H2,1H3,(H2,27,31,32). The van der Waals surface area contributed by atoms with Gasteiger partial charge in [-0.15, -0.1) is 0 Å². The Hall–Kier alpha value is -3.33. The van der Waals surface area contributed by atoms with E-state index in [-0.39, 0.29) is 16.5 Å². The van der Waals surface area contributed by atoms with Crippen molar-refractivity contribution >= 4 is 32.4 Å². The van der Waals surface area contributed by atoms with E-state index in [1.54, 1.807) is 11.8 Å². The second-order valence-electron chi connectivity index (χ2n) is 7.94. The molecule has 0 radical (unpaired) electrons. The Balaban J connectivity index is 1.57. The maximum absolute atomic E-state index is 13.4. The number of rotatable bonds is 8. The van der Waals surface area contributed by atoms with Crippen LogP contribution in [0.2, 0.25) is 0 Å². The van der Waals surface area contributed by atoms with Crippen LogP contribution in [0.15, 0.2) is 89.1 Å². The molecule has 8 heteroatoms. The molecule has 0 spiro atoms. The summed E-state index contributed by atoms with van der Waals surface area (Å²) < 4.78 is 23.8.